The van der Waals surface area contributed by atoms with E-state index in [1.54, 1.807) is 6.07 Å². The molecule has 4 nitrogen and oxygen atoms in total. The van der Waals surface area contributed by atoms with E-state index in [-0.39, 0.29) is 18.3 Å². The number of hydrogen-bond acceptors (Lipinski definition) is 3. The first-order valence-electron chi connectivity index (χ1n) is 10.1. The number of rotatable bonds is 7. The number of amides is 1. The van der Waals surface area contributed by atoms with Gasteiger partial charge in [0.1, 0.15) is 5.82 Å². The van der Waals surface area contributed by atoms with E-state index >= 15 is 0 Å². The van der Waals surface area contributed by atoms with Crippen LogP contribution in [-0.2, 0) is 11.3 Å². The van der Waals surface area contributed by atoms with Crippen molar-refractivity contribution in [2.24, 2.45) is 0 Å². The number of para-hydroxylation sites is 1. The molecule has 150 valence electrons. The Kier molecular flexibility index (Phi) is 7.04. The van der Waals surface area contributed by atoms with E-state index in [0.29, 0.717) is 11.7 Å². The van der Waals surface area contributed by atoms with Crippen LogP contribution in [0.15, 0.2) is 42.5 Å². The highest BCUT2D eigenvalue weighted by Crippen LogP contribution is 2.25. The Balaban J connectivity index is 1.58. The van der Waals surface area contributed by atoms with Crippen LogP contribution in [0.4, 0.5) is 15.8 Å². The predicted octanol–water partition coefficient (Wildman–Crippen LogP) is 4.95. The Morgan fingerprint density at radius 3 is 2.64 bits per heavy atom. The molecular weight excluding hydrogens is 353 g/mol. The van der Waals surface area contributed by atoms with Crippen molar-refractivity contribution in [1.82, 2.24) is 4.90 Å². The highest BCUT2D eigenvalue weighted by atomic mass is 19.1. The van der Waals surface area contributed by atoms with Crippen molar-refractivity contribution in [3.8, 4) is 0 Å². The van der Waals surface area contributed by atoms with Gasteiger partial charge in [-0.05, 0) is 56.1 Å². The van der Waals surface area contributed by atoms with Crippen LogP contribution in [-0.4, -0.2) is 30.4 Å². The minimum absolute atomic E-state index is 0.139. The summed E-state index contributed by atoms with van der Waals surface area (Å²) in [5.41, 5.74) is 3.50. The zero-order valence-corrected chi connectivity index (χ0v) is 16.8. The Morgan fingerprint density at radius 2 is 1.86 bits per heavy atom. The molecule has 0 bridgehead atoms. The first-order valence-corrected chi connectivity index (χ1v) is 10.1. The molecule has 1 saturated carbocycles. The molecule has 0 spiro atoms. The molecule has 0 unspecified atom stereocenters. The zero-order valence-electron chi connectivity index (χ0n) is 16.8. The van der Waals surface area contributed by atoms with E-state index < -0.39 is 0 Å². The Morgan fingerprint density at radius 1 is 1.11 bits per heavy atom. The maximum absolute atomic E-state index is 13.4. The minimum Gasteiger partial charge on any atom is -0.376 e. The maximum Gasteiger partial charge on any atom is 0.243 e. The van der Waals surface area contributed by atoms with E-state index in [1.807, 2.05) is 25.1 Å². The number of anilines is 2. The van der Waals surface area contributed by atoms with E-state index in [1.165, 1.54) is 49.8 Å². The average molecular weight is 384 g/mol. The quantitative estimate of drug-likeness (QED) is 0.711. The molecular formula is C23H30FN3O. The first kappa shape index (κ1) is 20.3. The van der Waals surface area contributed by atoms with Gasteiger partial charge >= 0.3 is 0 Å². The number of nitrogens with zero attached hydrogens (tertiary/aromatic N) is 1. The van der Waals surface area contributed by atoms with Gasteiger partial charge in [0.05, 0.1) is 6.54 Å². The molecule has 0 radical (unpaired) electrons. The van der Waals surface area contributed by atoms with Gasteiger partial charge in [0.2, 0.25) is 5.91 Å². The summed E-state index contributed by atoms with van der Waals surface area (Å²) in [6.45, 7) is 2.84. The minimum atomic E-state index is -0.357. The van der Waals surface area contributed by atoms with Crippen molar-refractivity contribution in [2.75, 3.05) is 24.2 Å². The molecule has 0 aliphatic heterocycles. The van der Waals surface area contributed by atoms with Gasteiger partial charge < -0.3 is 10.6 Å². The molecule has 2 N–H and O–H groups in total. The maximum atomic E-state index is 13.4. The summed E-state index contributed by atoms with van der Waals surface area (Å²) in [5.74, 6) is -0.547. The van der Waals surface area contributed by atoms with Crippen LogP contribution in [0, 0.1) is 12.7 Å². The lowest BCUT2D eigenvalue weighted by atomic mass is 9.94. The SMILES string of the molecule is Cc1ccc(F)cc1NC(=O)CNc1ccccc1CN(C)C1CCCCC1. The van der Waals surface area contributed by atoms with Crippen molar-refractivity contribution in [1.29, 1.82) is 0 Å². The third kappa shape index (κ3) is 5.55. The summed E-state index contributed by atoms with van der Waals surface area (Å²) in [6.07, 6.45) is 6.51. The van der Waals surface area contributed by atoms with Crippen molar-refractivity contribution in [2.45, 2.75) is 51.6 Å². The van der Waals surface area contributed by atoms with Crippen LogP contribution in [0.3, 0.4) is 0 Å². The summed E-state index contributed by atoms with van der Waals surface area (Å²) >= 11 is 0. The van der Waals surface area contributed by atoms with E-state index in [4.69, 9.17) is 0 Å². The van der Waals surface area contributed by atoms with Crippen molar-refractivity contribution in [3.63, 3.8) is 0 Å². The largest absolute Gasteiger partial charge is 0.376 e. The molecule has 1 aliphatic rings. The van der Waals surface area contributed by atoms with Gasteiger partial charge in [-0.3, -0.25) is 9.69 Å². The van der Waals surface area contributed by atoms with E-state index in [0.717, 1.165) is 17.8 Å². The molecule has 0 atom stereocenters. The van der Waals surface area contributed by atoms with Gasteiger partial charge in [-0.1, -0.05) is 43.5 Å². The number of benzene rings is 2. The molecule has 5 heteroatoms. The highest BCUT2D eigenvalue weighted by Gasteiger charge is 2.19. The average Bonchev–Trinajstić information content (AvgIpc) is 2.71. The first-order chi connectivity index (χ1) is 13.5. The molecule has 28 heavy (non-hydrogen) atoms. The predicted molar refractivity (Wildman–Crippen MR) is 113 cm³/mol. The normalized spacial score (nSPS) is 14.9. The van der Waals surface area contributed by atoms with Crippen LogP contribution in [0.5, 0.6) is 0 Å². The van der Waals surface area contributed by atoms with Crippen LogP contribution >= 0.6 is 0 Å². The van der Waals surface area contributed by atoms with Gasteiger partial charge in [0.15, 0.2) is 0 Å². The van der Waals surface area contributed by atoms with Gasteiger partial charge in [0, 0.05) is 24.0 Å². The van der Waals surface area contributed by atoms with Crippen LogP contribution in [0.25, 0.3) is 0 Å². The summed E-state index contributed by atoms with van der Waals surface area (Å²) in [6, 6.07) is 13.2. The van der Waals surface area contributed by atoms with Gasteiger partial charge in [0.25, 0.3) is 0 Å². The lowest BCUT2D eigenvalue weighted by Crippen LogP contribution is -2.33. The number of aryl methyl sites for hydroxylation is 1. The summed E-state index contributed by atoms with van der Waals surface area (Å²) < 4.78 is 13.4. The topological polar surface area (TPSA) is 44.4 Å². The third-order valence-corrected chi connectivity index (χ3v) is 5.55. The molecule has 0 saturated heterocycles. The number of carbonyl (C=O) groups excluding carboxylic acids is 1. The second-order valence-corrected chi connectivity index (χ2v) is 7.73. The molecule has 3 rings (SSSR count). The Bertz CT molecular complexity index is 802. The number of nitrogens with one attached hydrogen (secondary N) is 2. The van der Waals surface area contributed by atoms with E-state index in [9.17, 15) is 9.18 Å². The van der Waals surface area contributed by atoms with Crippen LogP contribution in [0.1, 0.15) is 43.2 Å². The third-order valence-electron chi connectivity index (χ3n) is 5.55. The van der Waals surface area contributed by atoms with Gasteiger partial charge in [-0.15, -0.1) is 0 Å². The summed E-state index contributed by atoms with van der Waals surface area (Å²) in [4.78, 5) is 14.8. The molecule has 0 aromatic heterocycles. The van der Waals surface area contributed by atoms with Gasteiger partial charge in [-0.25, -0.2) is 4.39 Å². The fourth-order valence-corrected chi connectivity index (χ4v) is 3.85. The summed E-state index contributed by atoms with van der Waals surface area (Å²) in [5, 5.41) is 6.02. The lowest BCUT2D eigenvalue weighted by Gasteiger charge is -2.31. The second kappa shape index (κ2) is 9.69. The molecule has 1 aliphatic carbocycles. The monoisotopic (exact) mass is 383 g/mol. The van der Waals surface area contributed by atoms with Crippen molar-refractivity contribution >= 4 is 17.3 Å². The van der Waals surface area contributed by atoms with Crippen LogP contribution < -0.4 is 10.6 Å². The van der Waals surface area contributed by atoms with Crippen molar-refractivity contribution in [3.05, 3.63) is 59.4 Å². The smallest absolute Gasteiger partial charge is 0.243 e. The fourth-order valence-electron chi connectivity index (χ4n) is 3.85. The molecule has 2 aromatic rings. The fraction of sp³-hybridized carbons (Fsp3) is 0.435. The van der Waals surface area contributed by atoms with Gasteiger partial charge in [-0.2, -0.15) is 0 Å². The molecule has 1 fully saturated rings. The van der Waals surface area contributed by atoms with Crippen LogP contribution in [0.2, 0.25) is 0 Å². The Hall–Kier alpha value is -2.40. The number of halogens is 1. The van der Waals surface area contributed by atoms with E-state index in [2.05, 4.69) is 28.6 Å². The number of carbonyl (C=O) groups is 1. The lowest BCUT2D eigenvalue weighted by molar-refractivity contribution is -0.114. The molecule has 2 aromatic carbocycles. The standard InChI is InChI=1S/C23H30FN3O/c1-17-12-13-19(24)14-22(17)26-23(28)15-25-21-11-7-6-8-18(21)16-27(2)20-9-4-3-5-10-20/h6-8,11-14,20,25H,3-5,9-10,15-16H2,1-2H3,(H,26,28). The zero-order chi connectivity index (χ0) is 19.9. The molecule has 0 heterocycles. The number of hydrogen-bond donors (Lipinski definition) is 2. The Labute approximate surface area is 167 Å². The molecule has 1 amide bonds. The second-order valence-electron chi connectivity index (χ2n) is 7.73. The van der Waals surface area contributed by atoms with Crippen molar-refractivity contribution < 1.29 is 9.18 Å². The summed E-state index contributed by atoms with van der Waals surface area (Å²) in [7, 11) is 2.19. The highest BCUT2D eigenvalue weighted by molar-refractivity contribution is 5.94.